The Hall–Kier alpha value is -3.09. The van der Waals surface area contributed by atoms with Crippen molar-refractivity contribution in [3.8, 4) is 5.69 Å². The van der Waals surface area contributed by atoms with E-state index in [4.69, 9.17) is 11.6 Å². The number of carbonyl (C=O) groups is 2. The van der Waals surface area contributed by atoms with Gasteiger partial charge >= 0.3 is 18.3 Å². The number of ether oxygens (including phenoxy) is 1. The van der Waals surface area contributed by atoms with Crippen molar-refractivity contribution >= 4 is 23.5 Å². The summed E-state index contributed by atoms with van der Waals surface area (Å²) in [5, 5.41) is 1.05. The van der Waals surface area contributed by atoms with Gasteiger partial charge in [0.25, 0.3) is 11.5 Å². The molecule has 0 unspecified atom stereocenters. The molecule has 2 rings (SSSR count). The zero-order chi connectivity index (χ0) is 23.6. The van der Waals surface area contributed by atoms with Crippen LogP contribution in [0.5, 0.6) is 0 Å². The Morgan fingerprint density at radius 3 is 2.29 bits per heavy atom. The van der Waals surface area contributed by atoms with Crippen LogP contribution in [0.2, 0.25) is 5.02 Å². The van der Waals surface area contributed by atoms with Gasteiger partial charge in [-0.3, -0.25) is 19.0 Å². The number of pyridine rings is 2. The number of carbonyl (C=O) groups excluding carboxylic acids is 2. The Morgan fingerprint density at radius 1 is 1.13 bits per heavy atom. The molecule has 2 aromatic heterocycles. The summed E-state index contributed by atoms with van der Waals surface area (Å²) >= 11 is 5.54. The molecule has 2 heterocycles. The van der Waals surface area contributed by atoms with Crippen LogP contribution in [0.3, 0.4) is 0 Å². The van der Waals surface area contributed by atoms with Gasteiger partial charge in [-0.2, -0.15) is 26.3 Å². The quantitative estimate of drug-likeness (QED) is 0.534. The maximum atomic E-state index is 13.1. The number of hydrogen-bond donors (Lipinski definition) is 1. The van der Waals surface area contributed by atoms with Crippen LogP contribution in [0.1, 0.15) is 28.5 Å². The number of hydrogen-bond acceptors (Lipinski definition) is 5. The summed E-state index contributed by atoms with van der Waals surface area (Å²) in [5.41, 5.74) is -5.99. The molecule has 7 nitrogen and oxygen atoms in total. The average Bonchev–Trinajstić information content (AvgIpc) is 2.66. The smallest absolute Gasteiger partial charge is 0.417 e. The molecule has 0 aromatic carbocycles. The molecule has 1 N–H and O–H groups in total. The molecule has 0 aliphatic rings. The Morgan fingerprint density at radius 2 is 1.74 bits per heavy atom. The lowest BCUT2D eigenvalue weighted by Crippen LogP contribution is -2.33. The third-order valence-corrected chi connectivity index (χ3v) is 3.94. The van der Waals surface area contributed by atoms with Crippen molar-refractivity contribution in [3.05, 3.63) is 56.7 Å². The number of amides is 1. The molecule has 0 radical (unpaired) electrons. The van der Waals surface area contributed by atoms with Crippen LogP contribution in [0.25, 0.3) is 5.69 Å². The lowest BCUT2D eigenvalue weighted by molar-refractivity contribution is -0.142. The monoisotopic (exact) mass is 471 g/mol. The van der Waals surface area contributed by atoms with Crippen LogP contribution in [0.15, 0.2) is 29.3 Å². The number of nitrogens with zero attached hydrogens (tertiary/aromatic N) is 2. The van der Waals surface area contributed by atoms with Crippen molar-refractivity contribution in [2.24, 2.45) is 0 Å². The third-order valence-electron chi connectivity index (χ3n) is 3.67. The molecule has 0 saturated heterocycles. The van der Waals surface area contributed by atoms with Crippen LogP contribution in [-0.4, -0.2) is 34.6 Å². The van der Waals surface area contributed by atoms with Gasteiger partial charge in [0.05, 0.1) is 23.4 Å². The van der Waals surface area contributed by atoms with Crippen molar-refractivity contribution in [2.45, 2.75) is 19.3 Å². The van der Waals surface area contributed by atoms with E-state index in [1.165, 1.54) is 6.92 Å². The number of alkyl halides is 6. The average molecular weight is 472 g/mol. The molecule has 2 aromatic rings. The minimum Gasteiger partial charge on any atom is -0.465 e. The molecule has 0 spiro atoms. The van der Waals surface area contributed by atoms with E-state index in [0.29, 0.717) is 6.07 Å². The molecule has 0 saturated carbocycles. The van der Waals surface area contributed by atoms with Gasteiger partial charge in [0.15, 0.2) is 5.69 Å². The maximum Gasteiger partial charge on any atom is 0.417 e. The molecule has 0 bridgehead atoms. The van der Waals surface area contributed by atoms with E-state index in [1.54, 1.807) is 0 Å². The summed E-state index contributed by atoms with van der Waals surface area (Å²) in [6.07, 6.45) is -9.55. The Labute approximate surface area is 174 Å². The van der Waals surface area contributed by atoms with Gasteiger partial charge in [-0.15, -0.1) is 0 Å². The van der Waals surface area contributed by atoms with Crippen LogP contribution >= 0.6 is 11.6 Å². The summed E-state index contributed by atoms with van der Waals surface area (Å²) in [5.74, 6) is -2.12. The summed E-state index contributed by atoms with van der Waals surface area (Å²) < 4.78 is 83.3. The van der Waals surface area contributed by atoms with Gasteiger partial charge in [-0.05, 0) is 19.1 Å². The number of rotatable bonds is 5. The zero-order valence-electron chi connectivity index (χ0n) is 15.4. The van der Waals surface area contributed by atoms with E-state index < -0.39 is 63.9 Å². The summed E-state index contributed by atoms with van der Waals surface area (Å²) in [6.45, 7) is 0.767. The minimum absolute atomic E-state index is 0.0173. The van der Waals surface area contributed by atoms with E-state index in [9.17, 15) is 40.7 Å². The normalized spacial score (nSPS) is 11.9. The van der Waals surface area contributed by atoms with Gasteiger partial charge in [0, 0.05) is 12.4 Å². The Balaban J connectivity index is 2.67. The molecule has 0 aliphatic heterocycles. The predicted octanol–water partition coefficient (Wildman–Crippen LogP) is 3.22. The van der Waals surface area contributed by atoms with E-state index in [1.807, 2.05) is 5.32 Å². The second kappa shape index (κ2) is 8.96. The molecule has 168 valence electrons. The number of aromatic nitrogens is 2. The van der Waals surface area contributed by atoms with Gasteiger partial charge in [0.1, 0.15) is 11.6 Å². The van der Waals surface area contributed by atoms with Crippen LogP contribution in [0, 0.1) is 0 Å². The van der Waals surface area contributed by atoms with Crippen LogP contribution in [0.4, 0.5) is 26.3 Å². The first-order valence-corrected chi connectivity index (χ1v) is 8.64. The van der Waals surface area contributed by atoms with E-state index in [2.05, 4.69) is 9.72 Å². The fourth-order valence-corrected chi connectivity index (χ4v) is 2.51. The van der Waals surface area contributed by atoms with Crippen LogP contribution < -0.4 is 10.9 Å². The van der Waals surface area contributed by atoms with Crippen molar-refractivity contribution < 1.29 is 40.7 Å². The van der Waals surface area contributed by atoms with E-state index in [0.717, 1.165) is 0 Å². The van der Waals surface area contributed by atoms with Crippen molar-refractivity contribution in [1.29, 1.82) is 0 Å². The molecule has 1 amide bonds. The zero-order valence-corrected chi connectivity index (χ0v) is 16.2. The number of halogens is 7. The molecule has 0 atom stereocenters. The van der Waals surface area contributed by atoms with Crippen LogP contribution in [-0.2, 0) is 21.9 Å². The highest BCUT2D eigenvalue weighted by Gasteiger charge is 2.35. The highest BCUT2D eigenvalue weighted by Crippen LogP contribution is 2.33. The molecule has 31 heavy (non-hydrogen) atoms. The second-order valence-electron chi connectivity index (χ2n) is 5.83. The fourth-order valence-electron chi connectivity index (χ4n) is 2.30. The van der Waals surface area contributed by atoms with Crippen molar-refractivity contribution in [1.82, 2.24) is 14.9 Å². The third kappa shape index (κ3) is 5.75. The molecule has 0 aliphatic carbocycles. The van der Waals surface area contributed by atoms with Crippen molar-refractivity contribution in [3.63, 3.8) is 0 Å². The number of nitrogens with one attached hydrogen (secondary N) is 1. The minimum atomic E-state index is -5.00. The summed E-state index contributed by atoms with van der Waals surface area (Å²) in [6, 6.07) is 0.562. The van der Waals surface area contributed by atoms with Gasteiger partial charge in [-0.25, -0.2) is 4.98 Å². The largest absolute Gasteiger partial charge is 0.465 e. The SMILES string of the molecule is CCOC(=O)CNC(=O)c1ncc(C(F)(F)F)cc1-n1cc(C(F)(F)F)cc(Cl)c1=O. The van der Waals surface area contributed by atoms with Gasteiger partial charge < -0.3 is 10.1 Å². The summed E-state index contributed by atoms with van der Waals surface area (Å²) in [7, 11) is 0. The van der Waals surface area contributed by atoms with E-state index in [-0.39, 0.29) is 29.6 Å². The first kappa shape index (κ1) is 24.2. The molecule has 0 fully saturated rings. The molecule has 14 heteroatoms. The topological polar surface area (TPSA) is 90.3 Å². The second-order valence-corrected chi connectivity index (χ2v) is 6.23. The number of esters is 1. The predicted molar refractivity (Wildman–Crippen MR) is 93.8 cm³/mol. The van der Waals surface area contributed by atoms with E-state index >= 15 is 0 Å². The Bertz CT molecular complexity index is 1070. The Kier molecular flexibility index (Phi) is 6.99. The lowest BCUT2D eigenvalue weighted by atomic mass is 10.1. The first-order valence-electron chi connectivity index (χ1n) is 8.26. The maximum absolute atomic E-state index is 13.1. The van der Waals surface area contributed by atoms with Gasteiger partial charge in [0.2, 0.25) is 0 Å². The highest BCUT2D eigenvalue weighted by atomic mass is 35.5. The molecular weight excluding hydrogens is 460 g/mol. The summed E-state index contributed by atoms with van der Waals surface area (Å²) in [4.78, 5) is 39.3. The standard InChI is InChI=1S/C17H12ClF6N3O4/c1-2-31-12(28)6-26-14(29)13-11(4-8(5-25-13)16(19,20)21)27-7-9(17(22,23)24)3-10(18)15(27)30/h3-5,7H,2,6H2,1H3,(H,26,29). The first-order chi connectivity index (χ1) is 14.3. The highest BCUT2D eigenvalue weighted by molar-refractivity contribution is 6.30. The lowest BCUT2D eigenvalue weighted by Gasteiger charge is -2.16. The van der Waals surface area contributed by atoms with Gasteiger partial charge in [-0.1, -0.05) is 11.6 Å². The molecular formula is C17H12ClF6N3O4. The fraction of sp³-hybridized carbons (Fsp3) is 0.294. The van der Waals surface area contributed by atoms with Crippen molar-refractivity contribution in [2.75, 3.05) is 13.2 Å².